The van der Waals surface area contributed by atoms with Crippen molar-refractivity contribution in [3.63, 3.8) is 0 Å². The molecule has 2 heterocycles. The number of H-pyrrole nitrogens is 1. The molecule has 0 aliphatic heterocycles. The van der Waals surface area contributed by atoms with Crippen LogP contribution in [-0.2, 0) is 6.42 Å². The molecule has 0 unspecified atom stereocenters. The zero-order chi connectivity index (χ0) is 18.7. The van der Waals surface area contributed by atoms with E-state index in [9.17, 15) is 10.1 Å². The van der Waals surface area contributed by atoms with Crippen LogP contribution in [0.2, 0.25) is 0 Å². The standard InChI is InChI=1S/C16H15N5O4S/c1-3-15-18-19-16(26)20(15)17-9-11-5-7-14(25-11)12-6-4-10(24-2)8-13(12)21(22)23/h4-9H,3H2,1-2H3,(H,19,26)/b17-9+. The molecule has 1 N–H and O–H groups in total. The number of nitro groups is 1. The van der Waals surface area contributed by atoms with Gasteiger partial charge in [0.1, 0.15) is 17.3 Å². The normalized spacial score (nSPS) is 11.2. The lowest BCUT2D eigenvalue weighted by atomic mass is 10.1. The Hall–Kier alpha value is -3.27. The highest BCUT2D eigenvalue weighted by atomic mass is 32.1. The van der Waals surface area contributed by atoms with Crippen LogP contribution in [0.1, 0.15) is 18.5 Å². The minimum atomic E-state index is -0.480. The maximum Gasteiger partial charge on any atom is 0.284 e. The Kier molecular flexibility index (Phi) is 4.94. The van der Waals surface area contributed by atoms with Crippen LogP contribution in [0, 0.1) is 14.9 Å². The second-order valence-corrected chi connectivity index (χ2v) is 5.58. The molecule has 26 heavy (non-hydrogen) atoms. The lowest BCUT2D eigenvalue weighted by Crippen LogP contribution is -1.96. The van der Waals surface area contributed by atoms with E-state index in [1.54, 1.807) is 24.3 Å². The molecule has 0 aliphatic carbocycles. The molecule has 0 atom stereocenters. The Balaban J connectivity index is 1.93. The van der Waals surface area contributed by atoms with E-state index in [4.69, 9.17) is 21.4 Å². The molecule has 0 saturated carbocycles. The van der Waals surface area contributed by atoms with Gasteiger partial charge in [-0.1, -0.05) is 6.92 Å². The molecule has 0 spiro atoms. The van der Waals surface area contributed by atoms with Crippen molar-refractivity contribution >= 4 is 24.1 Å². The van der Waals surface area contributed by atoms with Gasteiger partial charge in [-0.2, -0.15) is 14.9 Å². The van der Waals surface area contributed by atoms with E-state index in [-0.39, 0.29) is 5.69 Å². The summed E-state index contributed by atoms with van der Waals surface area (Å²) in [6.07, 6.45) is 2.13. The predicted molar refractivity (Wildman–Crippen MR) is 97.1 cm³/mol. The number of aryl methyl sites for hydroxylation is 1. The van der Waals surface area contributed by atoms with Crippen molar-refractivity contribution in [3.05, 3.63) is 56.8 Å². The Labute approximate surface area is 153 Å². The van der Waals surface area contributed by atoms with E-state index in [1.807, 2.05) is 6.92 Å². The van der Waals surface area contributed by atoms with Gasteiger partial charge in [-0.15, -0.1) is 0 Å². The minimum absolute atomic E-state index is 0.104. The van der Waals surface area contributed by atoms with Gasteiger partial charge in [0, 0.05) is 6.42 Å². The second kappa shape index (κ2) is 7.31. The predicted octanol–water partition coefficient (Wildman–Crippen LogP) is 3.56. The SMILES string of the molecule is CCc1n[nH]c(=S)n1/N=C/c1ccc(-c2ccc(OC)cc2[N+](=O)[O-])o1. The van der Waals surface area contributed by atoms with Crippen LogP contribution in [0.15, 0.2) is 39.9 Å². The third kappa shape index (κ3) is 3.40. The summed E-state index contributed by atoms with van der Waals surface area (Å²) in [5, 5.41) is 22.3. The molecule has 0 saturated heterocycles. The van der Waals surface area contributed by atoms with Gasteiger partial charge in [-0.3, -0.25) is 15.2 Å². The fourth-order valence-electron chi connectivity index (χ4n) is 2.35. The third-order valence-corrected chi connectivity index (χ3v) is 3.89. The van der Waals surface area contributed by atoms with Crippen molar-refractivity contribution in [2.75, 3.05) is 7.11 Å². The van der Waals surface area contributed by atoms with Crippen LogP contribution in [0.5, 0.6) is 5.75 Å². The summed E-state index contributed by atoms with van der Waals surface area (Å²) in [4.78, 5) is 10.8. The maximum atomic E-state index is 11.3. The number of hydrogen-bond acceptors (Lipinski definition) is 7. The number of methoxy groups -OCH3 is 1. The molecule has 0 aliphatic rings. The number of aromatic nitrogens is 3. The summed E-state index contributed by atoms with van der Waals surface area (Å²) < 4.78 is 12.6. The number of nitro benzene ring substituents is 1. The zero-order valence-electron chi connectivity index (χ0n) is 14.0. The number of nitrogens with zero attached hydrogens (tertiary/aromatic N) is 4. The van der Waals surface area contributed by atoms with Crippen LogP contribution in [0.3, 0.4) is 0 Å². The highest BCUT2D eigenvalue weighted by molar-refractivity contribution is 7.71. The Morgan fingerprint density at radius 3 is 2.96 bits per heavy atom. The van der Waals surface area contributed by atoms with Crippen molar-refractivity contribution in [1.82, 2.24) is 14.9 Å². The molecule has 3 aromatic rings. The van der Waals surface area contributed by atoms with E-state index in [2.05, 4.69) is 15.3 Å². The number of nitrogens with one attached hydrogen (secondary N) is 1. The number of rotatable bonds is 6. The molecule has 1 aromatic carbocycles. The molecular weight excluding hydrogens is 358 g/mol. The van der Waals surface area contributed by atoms with Gasteiger partial charge in [0.15, 0.2) is 5.82 Å². The lowest BCUT2D eigenvalue weighted by molar-refractivity contribution is -0.384. The van der Waals surface area contributed by atoms with Gasteiger partial charge < -0.3 is 9.15 Å². The first-order valence-electron chi connectivity index (χ1n) is 7.66. The fraction of sp³-hybridized carbons (Fsp3) is 0.188. The maximum absolute atomic E-state index is 11.3. The first kappa shape index (κ1) is 17.5. The quantitative estimate of drug-likeness (QED) is 0.306. The smallest absolute Gasteiger partial charge is 0.284 e. The largest absolute Gasteiger partial charge is 0.497 e. The first-order valence-corrected chi connectivity index (χ1v) is 8.07. The highest BCUT2D eigenvalue weighted by Gasteiger charge is 2.19. The van der Waals surface area contributed by atoms with E-state index in [1.165, 1.54) is 24.1 Å². The minimum Gasteiger partial charge on any atom is -0.497 e. The van der Waals surface area contributed by atoms with Gasteiger partial charge in [0.2, 0.25) is 4.77 Å². The molecule has 2 aromatic heterocycles. The molecule has 0 radical (unpaired) electrons. The van der Waals surface area contributed by atoms with Crippen LogP contribution in [0.25, 0.3) is 11.3 Å². The van der Waals surface area contributed by atoms with Crippen molar-refractivity contribution in [3.8, 4) is 17.1 Å². The Morgan fingerprint density at radius 1 is 1.46 bits per heavy atom. The average molecular weight is 373 g/mol. The van der Waals surface area contributed by atoms with E-state index >= 15 is 0 Å². The number of benzene rings is 1. The van der Waals surface area contributed by atoms with Crippen LogP contribution in [0.4, 0.5) is 5.69 Å². The van der Waals surface area contributed by atoms with Crippen LogP contribution < -0.4 is 4.74 Å². The van der Waals surface area contributed by atoms with Gasteiger partial charge in [0.05, 0.1) is 29.9 Å². The molecule has 9 nitrogen and oxygen atoms in total. The summed E-state index contributed by atoms with van der Waals surface area (Å²) >= 11 is 5.12. The van der Waals surface area contributed by atoms with Crippen molar-refractivity contribution in [1.29, 1.82) is 0 Å². The lowest BCUT2D eigenvalue weighted by Gasteiger charge is -2.03. The fourth-order valence-corrected chi connectivity index (χ4v) is 2.55. The summed E-state index contributed by atoms with van der Waals surface area (Å²) in [5.74, 6) is 1.86. The molecule has 134 valence electrons. The van der Waals surface area contributed by atoms with E-state index in [0.717, 1.165) is 0 Å². The molecule has 3 rings (SSSR count). The van der Waals surface area contributed by atoms with Crippen LogP contribution >= 0.6 is 12.2 Å². The topological polar surface area (TPSA) is 111 Å². The molecule has 0 amide bonds. The van der Waals surface area contributed by atoms with Crippen molar-refractivity contribution in [2.24, 2.45) is 5.10 Å². The number of aromatic amines is 1. The van der Waals surface area contributed by atoms with E-state index < -0.39 is 4.92 Å². The third-order valence-electron chi connectivity index (χ3n) is 3.63. The second-order valence-electron chi connectivity index (χ2n) is 5.20. The number of furan rings is 1. The van der Waals surface area contributed by atoms with Crippen molar-refractivity contribution < 1.29 is 14.1 Å². The molecule has 10 heteroatoms. The van der Waals surface area contributed by atoms with Gasteiger partial charge in [-0.25, -0.2) is 0 Å². The van der Waals surface area contributed by atoms with Gasteiger partial charge >= 0.3 is 0 Å². The highest BCUT2D eigenvalue weighted by Crippen LogP contribution is 2.33. The average Bonchev–Trinajstić information content (AvgIpc) is 3.25. The molecule has 0 bridgehead atoms. The summed E-state index contributed by atoms with van der Waals surface area (Å²) in [7, 11) is 1.45. The number of ether oxygens (including phenoxy) is 1. The summed E-state index contributed by atoms with van der Waals surface area (Å²) in [6.45, 7) is 1.94. The summed E-state index contributed by atoms with van der Waals surface area (Å²) in [5.41, 5.74) is 0.247. The van der Waals surface area contributed by atoms with Gasteiger partial charge in [-0.05, 0) is 36.5 Å². The van der Waals surface area contributed by atoms with Gasteiger partial charge in [0.25, 0.3) is 5.69 Å². The van der Waals surface area contributed by atoms with Crippen LogP contribution in [-0.4, -0.2) is 33.1 Å². The first-order chi connectivity index (χ1) is 12.5. The Morgan fingerprint density at radius 2 is 2.27 bits per heavy atom. The molecular formula is C16H15N5O4S. The monoisotopic (exact) mass is 373 g/mol. The van der Waals surface area contributed by atoms with E-state index in [0.29, 0.717) is 39.8 Å². The van der Waals surface area contributed by atoms with Crippen molar-refractivity contribution in [2.45, 2.75) is 13.3 Å². The number of hydrogen-bond donors (Lipinski definition) is 1. The summed E-state index contributed by atoms with van der Waals surface area (Å²) in [6, 6.07) is 7.88. The molecule has 0 fully saturated rings. The Bertz CT molecular complexity index is 1030. The zero-order valence-corrected chi connectivity index (χ0v) is 14.8.